The predicted molar refractivity (Wildman–Crippen MR) is 263 cm³/mol. The first kappa shape index (κ1) is 70.3. The molecule has 6 aliphatic rings. The van der Waals surface area contributed by atoms with Gasteiger partial charge < -0.3 is 165 Å². The van der Waals surface area contributed by atoms with Crippen molar-refractivity contribution in [3.8, 4) is 0 Å². The molecule has 0 aromatic carbocycles. The second-order valence-electron chi connectivity index (χ2n) is 21.2. The molecule has 38 nitrogen and oxygen atoms in total. The molecule has 0 saturated carbocycles. The maximum atomic E-state index is 13.2. The molecule has 22 N–H and O–H groups in total. The number of ether oxygens (including phenoxy) is 11. The molecule has 0 aromatic rings. The van der Waals surface area contributed by atoms with Crippen LogP contribution in [-0.4, -0.2) is 351 Å². The van der Waals surface area contributed by atoms with Crippen LogP contribution in [0.25, 0.3) is 0 Å². The fraction of sp³-hybridized carbons (Fsp3) is 0.894. The van der Waals surface area contributed by atoms with Crippen molar-refractivity contribution >= 4 is 29.6 Å². The zero-order chi connectivity index (χ0) is 63.3. The van der Waals surface area contributed by atoms with Gasteiger partial charge in [-0.3, -0.25) is 19.2 Å². The maximum absolute atomic E-state index is 13.2. The maximum Gasteiger partial charge on any atom is 0.364 e. The molecule has 4 amide bonds. The van der Waals surface area contributed by atoms with E-state index in [1.807, 2.05) is 0 Å². The lowest BCUT2D eigenvalue weighted by atomic mass is 9.88. The van der Waals surface area contributed by atoms with E-state index in [1.54, 1.807) is 0 Å². The highest BCUT2D eigenvalue weighted by Crippen LogP contribution is 2.40. The second kappa shape index (κ2) is 30.2. The number of nitrogens with one attached hydrogen (secondary N) is 4. The van der Waals surface area contributed by atoms with E-state index in [0.717, 1.165) is 27.7 Å². The molecule has 6 heterocycles. The first-order valence-corrected chi connectivity index (χ1v) is 26.7. The van der Waals surface area contributed by atoms with Crippen LogP contribution in [0.3, 0.4) is 0 Å². The Kier molecular flexibility index (Phi) is 24.9. The third-order valence-corrected chi connectivity index (χ3v) is 15.0. The first-order valence-electron chi connectivity index (χ1n) is 26.7. The van der Waals surface area contributed by atoms with Crippen molar-refractivity contribution in [2.75, 3.05) is 39.6 Å². The molecule has 0 bridgehead atoms. The lowest BCUT2D eigenvalue weighted by Crippen LogP contribution is -2.72. The van der Waals surface area contributed by atoms with E-state index < -0.39 is 265 Å². The summed E-state index contributed by atoms with van der Waals surface area (Å²) in [5.41, 5.74) is 0. The summed E-state index contributed by atoms with van der Waals surface area (Å²) in [5, 5.41) is 205. The van der Waals surface area contributed by atoms with Crippen LogP contribution in [-0.2, 0) is 76.1 Å². The molecule has 0 aromatic heterocycles. The number of aliphatic carboxylic acids is 1. The van der Waals surface area contributed by atoms with E-state index in [4.69, 9.17) is 52.1 Å². The van der Waals surface area contributed by atoms with E-state index in [9.17, 15) is 116 Å². The van der Waals surface area contributed by atoms with E-state index in [1.165, 1.54) is 0 Å². The molecule has 6 fully saturated rings. The molecule has 31 atom stereocenters. The monoisotopic (exact) mass is 1240 g/mol. The quantitative estimate of drug-likeness (QED) is 0.0452. The SMILES string of the molecule is CC(=O)N[C@@H]1[C@@H](O[C@H]2O[C@H](CO[C@@H]3O[C@H](CO)[C@@H](O[C@@H]4O[C@H](CO)[C@H](O)[C@H](O)[C@H]4O)[C@H](O)[C@H]3NC(C)=O)[C@H](O)[C@H](O[C@@H]3O[C@H](CO)[C@H](O)[C@H](O[C@]4(C(=O)O)C[C@H](O)[C@@H](NC(C)=O)[C@H]([C@H](O)[C@H](O)CO)O4)[C@H]3O)[C@H]2NC(C)=O)[C@@H](O)[C@@H](CO)O[C@@H]1O. The van der Waals surface area contributed by atoms with Gasteiger partial charge in [0.05, 0.1) is 51.8 Å². The summed E-state index contributed by atoms with van der Waals surface area (Å²) in [4.78, 5) is 63.6. The zero-order valence-corrected chi connectivity index (χ0v) is 45.9. The molecule has 0 radical (unpaired) electrons. The Balaban J connectivity index is 1.38. The summed E-state index contributed by atoms with van der Waals surface area (Å²) in [6.45, 7) is -2.41. The molecule has 85 heavy (non-hydrogen) atoms. The smallest absolute Gasteiger partial charge is 0.364 e. The Morgan fingerprint density at radius 1 is 0.482 bits per heavy atom. The molecule has 38 heteroatoms. The molecule has 6 aliphatic heterocycles. The Labute approximate surface area is 481 Å². The molecular formula is C47H78N4O34. The van der Waals surface area contributed by atoms with Gasteiger partial charge in [-0.05, 0) is 0 Å². The number of amides is 4. The normalized spacial score (nSPS) is 45.0. The van der Waals surface area contributed by atoms with Crippen LogP contribution in [0.4, 0.5) is 0 Å². The highest BCUT2D eigenvalue weighted by Gasteiger charge is 2.61. The Morgan fingerprint density at radius 2 is 0.929 bits per heavy atom. The molecule has 0 spiro atoms. The summed E-state index contributed by atoms with van der Waals surface area (Å²) in [7, 11) is 0. The van der Waals surface area contributed by atoms with Gasteiger partial charge in [0.15, 0.2) is 31.5 Å². The van der Waals surface area contributed by atoms with Gasteiger partial charge in [-0.2, -0.15) is 0 Å². The molecule has 6 saturated heterocycles. The van der Waals surface area contributed by atoms with Gasteiger partial charge in [0, 0.05) is 34.1 Å². The molecular weight excluding hydrogens is 1160 g/mol. The largest absolute Gasteiger partial charge is 0.477 e. The predicted octanol–water partition coefficient (Wildman–Crippen LogP) is -14.3. The number of carboxylic acid groups (broad SMARTS) is 1. The number of hydrogen-bond acceptors (Lipinski definition) is 33. The van der Waals surface area contributed by atoms with Crippen molar-refractivity contribution in [3.63, 3.8) is 0 Å². The first-order chi connectivity index (χ1) is 40.0. The van der Waals surface area contributed by atoms with Gasteiger partial charge in [0.2, 0.25) is 23.6 Å². The number of aliphatic hydroxyl groups excluding tert-OH is 17. The highest BCUT2D eigenvalue weighted by atomic mass is 16.8. The Morgan fingerprint density at radius 3 is 1.48 bits per heavy atom. The third kappa shape index (κ3) is 15.8. The minimum absolute atomic E-state index is 0.840. The molecule has 6 rings (SSSR count). The minimum atomic E-state index is -3.28. The number of carboxylic acids is 1. The van der Waals surface area contributed by atoms with Crippen molar-refractivity contribution in [3.05, 3.63) is 0 Å². The van der Waals surface area contributed by atoms with Crippen molar-refractivity contribution in [2.45, 2.75) is 224 Å². The lowest BCUT2D eigenvalue weighted by Gasteiger charge is -2.51. The van der Waals surface area contributed by atoms with Crippen LogP contribution in [0.2, 0.25) is 0 Å². The van der Waals surface area contributed by atoms with Crippen molar-refractivity contribution < 1.29 is 168 Å². The van der Waals surface area contributed by atoms with Crippen LogP contribution in [0, 0.1) is 0 Å². The number of rotatable bonds is 23. The van der Waals surface area contributed by atoms with E-state index >= 15 is 0 Å². The van der Waals surface area contributed by atoms with Gasteiger partial charge >= 0.3 is 5.97 Å². The van der Waals surface area contributed by atoms with Gasteiger partial charge in [-0.15, -0.1) is 0 Å². The van der Waals surface area contributed by atoms with Gasteiger partial charge in [-0.25, -0.2) is 4.79 Å². The van der Waals surface area contributed by atoms with E-state index in [-0.39, 0.29) is 0 Å². The number of carbonyl (C=O) groups excluding carboxylic acids is 4. The third-order valence-electron chi connectivity index (χ3n) is 15.0. The van der Waals surface area contributed by atoms with Crippen molar-refractivity contribution in [2.24, 2.45) is 0 Å². The summed E-state index contributed by atoms with van der Waals surface area (Å²) in [6.07, 6.45) is -54.3. The summed E-state index contributed by atoms with van der Waals surface area (Å²) < 4.78 is 64.0. The Hall–Kier alpha value is -3.77. The average molecular weight is 1240 g/mol. The fourth-order valence-corrected chi connectivity index (χ4v) is 10.7. The average Bonchev–Trinajstić information content (AvgIpc) is 1.46. The molecule has 0 unspecified atom stereocenters. The number of carbonyl (C=O) groups is 5. The van der Waals surface area contributed by atoms with Crippen LogP contribution in [0.1, 0.15) is 34.1 Å². The van der Waals surface area contributed by atoms with Gasteiger partial charge in [0.25, 0.3) is 5.79 Å². The van der Waals surface area contributed by atoms with Crippen LogP contribution >= 0.6 is 0 Å². The summed E-state index contributed by atoms with van der Waals surface area (Å²) >= 11 is 0. The van der Waals surface area contributed by atoms with Gasteiger partial charge in [-0.1, -0.05) is 0 Å². The fourth-order valence-electron chi connectivity index (χ4n) is 10.7. The van der Waals surface area contributed by atoms with Crippen molar-refractivity contribution in [1.29, 1.82) is 0 Å². The summed E-state index contributed by atoms with van der Waals surface area (Å²) in [5.74, 6) is -8.93. The zero-order valence-electron chi connectivity index (χ0n) is 45.9. The van der Waals surface area contributed by atoms with Crippen molar-refractivity contribution in [1.82, 2.24) is 21.3 Å². The second-order valence-corrected chi connectivity index (χ2v) is 21.2. The van der Waals surface area contributed by atoms with E-state index in [0.29, 0.717) is 0 Å². The van der Waals surface area contributed by atoms with Gasteiger partial charge in [0.1, 0.15) is 140 Å². The number of hydrogen-bond donors (Lipinski definition) is 22. The van der Waals surface area contributed by atoms with Crippen LogP contribution < -0.4 is 21.3 Å². The topological polar surface area (TPSA) is 599 Å². The number of aliphatic hydroxyl groups is 17. The molecule has 0 aliphatic carbocycles. The summed E-state index contributed by atoms with van der Waals surface area (Å²) in [6, 6.07) is -7.17. The van der Waals surface area contributed by atoms with Crippen LogP contribution in [0.15, 0.2) is 0 Å². The van der Waals surface area contributed by atoms with E-state index in [2.05, 4.69) is 21.3 Å². The van der Waals surface area contributed by atoms with Crippen LogP contribution in [0.5, 0.6) is 0 Å². The molecule has 490 valence electrons. The Bertz CT molecular complexity index is 2210. The minimum Gasteiger partial charge on any atom is -0.477 e. The lowest BCUT2D eigenvalue weighted by molar-refractivity contribution is -0.385. The highest BCUT2D eigenvalue weighted by molar-refractivity contribution is 5.77. The standard InChI is InChI=1S/C47H78N4O34/c1-12(57)48-23-16(61)5-47(46(73)74,84-39(23)27(63)17(62)6-52)85-40-30(66)20(9-55)78-45(35(40)71)83-38-26(51-15(4)60)43(82-37-25(50-14(3)59)41(72)76-19(8-54)29(37)65)80-22(31(38)67)11-75-42-24(49-13(2)58)32(68)36(21(10-56)79-42)81-44-34(70)33(69)28(64)18(7-53)77-44/h16-45,52-56,61-72H,5-11H2,1-4H3,(H,48,57)(H,49,58)(H,50,59)(H,51,60)(H,73,74)/t16-,17+,18+,19+,20+,21+,22+,23+,24+,25+,26+,27+,28-,29-,30-,31-,32+,33-,34+,35+,36+,37+,38+,39+,40-,41-,42+,43+,44-,45-,47-/m0/s1.